The van der Waals surface area contributed by atoms with E-state index in [4.69, 9.17) is 0 Å². The number of nitrogens with zero attached hydrogens (tertiary/aromatic N) is 1. The highest BCUT2D eigenvalue weighted by molar-refractivity contribution is 4.93. The van der Waals surface area contributed by atoms with Crippen molar-refractivity contribution in [3.8, 4) is 0 Å². The van der Waals surface area contributed by atoms with E-state index < -0.39 is 0 Å². The van der Waals surface area contributed by atoms with Crippen molar-refractivity contribution in [1.29, 1.82) is 0 Å². The Morgan fingerprint density at radius 2 is 1.71 bits per heavy atom. The average Bonchev–Trinajstić information content (AvgIpc) is 3.06. The average molecular weight is 237 g/mol. The fraction of sp³-hybridized carbons (Fsp3) is 1.00. The van der Waals surface area contributed by atoms with Gasteiger partial charge < -0.3 is 4.90 Å². The highest BCUT2D eigenvalue weighted by Crippen LogP contribution is 2.50. The maximum atomic E-state index is 2.65. The standard InChI is InChI=1S/C16H31N/c1-12(2)5-6-15-11-16(15)14-7-9-17(10-8-14)13(3)4/h12-16H,5-11H2,1-4H3/t15-,16?/m1/s1. The number of hydrogen-bond donors (Lipinski definition) is 0. The Morgan fingerprint density at radius 1 is 1.06 bits per heavy atom. The summed E-state index contributed by atoms with van der Waals surface area (Å²) in [5.41, 5.74) is 0. The molecule has 1 saturated heterocycles. The van der Waals surface area contributed by atoms with Gasteiger partial charge in [0.1, 0.15) is 0 Å². The molecule has 2 fully saturated rings. The quantitative estimate of drug-likeness (QED) is 0.693. The summed E-state index contributed by atoms with van der Waals surface area (Å²) in [6, 6.07) is 0.756. The Bertz CT molecular complexity index is 226. The van der Waals surface area contributed by atoms with Gasteiger partial charge >= 0.3 is 0 Å². The molecule has 0 radical (unpaired) electrons. The van der Waals surface area contributed by atoms with E-state index in [1.165, 1.54) is 38.8 Å². The number of rotatable bonds is 5. The second-order valence-electron chi connectivity index (χ2n) is 7.10. The summed E-state index contributed by atoms with van der Waals surface area (Å²) in [7, 11) is 0. The van der Waals surface area contributed by atoms with Crippen LogP contribution >= 0.6 is 0 Å². The number of hydrogen-bond acceptors (Lipinski definition) is 1. The molecule has 0 aromatic carbocycles. The Kier molecular flexibility index (Phi) is 4.52. The SMILES string of the molecule is CC(C)CC[C@@H]1CC1C1CCN(C(C)C)CC1. The zero-order chi connectivity index (χ0) is 12.4. The molecule has 100 valence electrons. The monoisotopic (exact) mass is 237 g/mol. The van der Waals surface area contributed by atoms with Crippen LogP contribution in [0, 0.1) is 23.7 Å². The predicted molar refractivity (Wildman–Crippen MR) is 75.1 cm³/mol. The molecule has 17 heavy (non-hydrogen) atoms. The minimum Gasteiger partial charge on any atom is -0.301 e. The first-order valence-corrected chi connectivity index (χ1v) is 7.82. The van der Waals surface area contributed by atoms with E-state index in [0.29, 0.717) is 0 Å². The summed E-state index contributed by atoms with van der Waals surface area (Å²) in [4.78, 5) is 2.65. The first kappa shape index (κ1) is 13.4. The van der Waals surface area contributed by atoms with Crippen LogP contribution in [0.1, 0.15) is 59.8 Å². The largest absolute Gasteiger partial charge is 0.301 e. The Morgan fingerprint density at radius 3 is 2.24 bits per heavy atom. The lowest BCUT2D eigenvalue weighted by molar-refractivity contribution is 0.137. The van der Waals surface area contributed by atoms with Crippen molar-refractivity contribution in [1.82, 2.24) is 4.90 Å². The smallest absolute Gasteiger partial charge is 0.00385 e. The summed E-state index contributed by atoms with van der Waals surface area (Å²) in [5.74, 6) is 4.19. The van der Waals surface area contributed by atoms with Gasteiger partial charge in [0.25, 0.3) is 0 Å². The molecule has 0 spiro atoms. The first-order chi connectivity index (χ1) is 8.08. The molecule has 1 heteroatoms. The summed E-state index contributed by atoms with van der Waals surface area (Å²) < 4.78 is 0. The molecule has 1 aliphatic carbocycles. The van der Waals surface area contributed by atoms with Crippen LogP contribution in [0.3, 0.4) is 0 Å². The highest BCUT2D eigenvalue weighted by atomic mass is 15.1. The van der Waals surface area contributed by atoms with Crippen molar-refractivity contribution in [2.24, 2.45) is 23.7 Å². The molecule has 2 atom stereocenters. The van der Waals surface area contributed by atoms with E-state index in [1.54, 1.807) is 6.42 Å². The summed E-state index contributed by atoms with van der Waals surface area (Å²) in [6.45, 7) is 12.1. The Hall–Kier alpha value is -0.0400. The maximum absolute atomic E-state index is 2.65. The molecule has 2 rings (SSSR count). The van der Waals surface area contributed by atoms with Crippen LogP contribution in [-0.2, 0) is 0 Å². The summed E-state index contributed by atoms with van der Waals surface area (Å²) in [5, 5.41) is 0. The maximum Gasteiger partial charge on any atom is 0.00385 e. The van der Waals surface area contributed by atoms with Gasteiger partial charge in [0.15, 0.2) is 0 Å². The third-order valence-electron chi connectivity index (χ3n) is 5.00. The second-order valence-corrected chi connectivity index (χ2v) is 7.10. The van der Waals surface area contributed by atoms with Crippen molar-refractivity contribution >= 4 is 0 Å². The van der Waals surface area contributed by atoms with Crippen molar-refractivity contribution in [3.63, 3.8) is 0 Å². The molecule has 1 heterocycles. The van der Waals surface area contributed by atoms with Gasteiger partial charge in [0.2, 0.25) is 0 Å². The van der Waals surface area contributed by atoms with Gasteiger partial charge in [0, 0.05) is 6.04 Å². The Balaban J connectivity index is 1.66. The lowest BCUT2D eigenvalue weighted by Gasteiger charge is -2.35. The van der Waals surface area contributed by atoms with E-state index in [1.807, 2.05) is 0 Å². The molecular weight excluding hydrogens is 206 g/mol. The van der Waals surface area contributed by atoms with Gasteiger partial charge in [-0.25, -0.2) is 0 Å². The predicted octanol–water partition coefficient (Wildman–Crippen LogP) is 4.18. The fourth-order valence-electron chi connectivity index (χ4n) is 3.59. The molecule has 1 nitrogen and oxygen atoms in total. The van der Waals surface area contributed by atoms with Gasteiger partial charge in [-0.1, -0.05) is 20.3 Å². The van der Waals surface area contributed by atoms with Crippen LogP contribution in [0.15, 0.2) is 0 Å². The van der Waals surface area contributed by atoms with Crippen molar-refractivity contribution in [2.75, 3.05) is 13.1 Å². The second kappa shape index (κ2) is 5.73. The van der Waals surface area contributed by atoms with Crippen molar-refractivity contribution < 1.29 is 0 Å². The lowest BCUT2D eigenvalue weighted by atomic mass is 9.89. The lowest BCUT2D eigenvalue weighted by Crippen LogP contribution is -2.39. The minimum atomic E-state index is 0.756. The molecular formula is C16H31N. The van der Waals surface area contributed by atoms with Gasteiger partial charge in [-0.15, -0.1) is 0 Å². The molecule has 1 aliphatic heterocycles. The van der Waals surface area contributed by atoms with E-state index >= 15 is 0 Å². The first-order valence-electron chi connectivity index (χ1n) is 7.82. The van der Waals surface area contributed by atoms with E-state index in [2.05, 4.69) is 32.6 Å². The third-order valence-corrected chi connectivity index (χ3v) is 5.00. The van der Waals surface area contributed by atoms with Crippen LogP contribution in [0.2, 0.25) is 0 Å². The van der Waals surface area contributed by atoms with Crippen LogP contribution in [0.5, 0.6) is 0 Å². The zero-order valence-corrected chi connectivity index (χ0v) is 12.3. The van der Waals surface area contributed by atoms with E-state index in [9.17, 15) is 0 Å². The van der Waals surface area contributed by atoms with Gasteiger partial charge in [-0.05, 0) is 76.3 Å². The van der Waals surface area contributed by atoms with Crippen molar-refractivity contribution in [2.45, 2.75) is 65.8 Å². The van der Waals surface area contributed by atoms with Gasteiger partial charge in [0.05, 0.1) is 0 Å². The zero-order valence-electron chi connectivity index (χ0n) is 12.3. The van der Waals surface area contributed by atoms with E-state index in [0.717, 1.165) is 29.7 Å². The Labute approximate surface area is 108 Å². The highest BCUT2D eigenvalue weighted by Gasteiger charge is 2.42. The normalized spacial score (nSPS) is 31.4. The fourth-order valence-corrected chi connectivity index (χ4v) is 3.59. The minimum absolute atomic E-state index is 0.756. The summed E-state index contributed by atoms with van der Waals surface area (Å²) in [6.07, 6.45) is 7.46. The molecule has 1 saturated carbocycles. The number of likely N-dealkylation sites (tertiary alicyclic amines) is 1. The molecule has 1 unspecified atom stereocenters. The van der Waals surface area contributed by atoms with Crippen LogP contribution in [0.4, 0.5) is 0 Å². The van der Waals surface area contributed by atoms with Gasteiger partial charge in [-0.2, -0.15) is 0 Å². The molecule has 0 aromatic rings. The molecule has 2 aliphatic rings. The topological polar surface area (TPSA) is 3.24 Å². The molecule has 0 amide bonds. The van der Waals surface area contributed by atoms with Crippen LogP contribution in [-0.4, -0.2) is 24.0 Å². The molecule has 0 N–H and O–H groups in total. The number of piperidine rings is 1. The van der Waals surface area contributed by atoms with Crippen molar-refractivity contribution in [3.05, 3.63) is 0 Å². The van der Waals surface area contributed by atoms with Crippen LogP contribution < -0.4 is 0 Å². The third kappa shape index (κ3) is 3.71. The van der Waals surface area contributed by atoms with Gasteiger partial charge in [-0.3, -0.25) is 0 Å². The molecule has 0 aromatic heterocycles. The molecule has 0 bridgehead atoms. The van der Waals surface area contributed by atoms with Crippen LogP contribution in [0.25, 0.3) is 0 Å². The summed E-state index contributed by atoms with van der Waals surface area (Å²) >= 11 is 0. The van der Waals surface area contributed by atoms with E-state index in [-0.39, 0.29) is 0 Å².